The molecule has 1 aromatic carbocycles. The number of thiazole rings is 1. The number of amides is 3. The van der Waals surface area contributed by atoms with Crippen LogP contribution < -0.4 is 10.6 Å². The fourth-order valence-electron chi connectivity index (χ4n) is 10.5. The maximum Gasteiger partial charge on any atom is 0.307 e. The number of piperidine rings is 1. The Hall–Kier alpha value is -5.36. The number of hydrogen-bond acceptors (Lipinski definition) is 20. The van der Waals surface area contributed by atoms with Gasteiger partial charge in [0.1, 0.15) is 28.3 Å². The molecule has 23 nitrogen and oxygen atoms in total. The van der Waals surface area contributed by atoms with Crippen LogP contribution in [0, 0.1) is 17.8 Å². The molecule has 0 spiro atoms. The van der Waals surface area contributed by atoms with Gasteiger partial charge < -0.3 is 48.4 Å². The van der Waals surface area contributed by atoms with E-state index in [0.29, 0.717) is 101 Å². The summed E-state index contributed by atoms with van der Waals surface area (Å²) in [7, 11) is -2.33. The van der Waals surface area contributed by atoms with E-state index in [2.05, 4.69) is 56.8 Å². The lowest BCUT2D eigenvalue weighted by Gasteiger charge is -2.39. The van der Waals surface area contributed by atoms with Gasteiger partial charge in [-0.15, -0.1) is 11.3 Å². The second-order valence-electron chi connectivity index (χ2n) is 24.7. The third kappa shape index (κ3) is 28.4. The summed E-state index contributed by atoms with van der Waals surface area (Å²) in [5, 5.41) is 23.1. The first-order valence-electron chi connectivity index (χ1n) is 31.4. The van der Waals surface area contributed by atoms with Gasteiger partial charge in [0.05, 0.1) is 45.7 Å². The minimum atomic E-state index is -2.13. The second kappa shape index (κ2) is 39.8. The van der Waals surface area contributed by atoms with Crippen LogP contribution in [0.4, 0.5) is 0 Å². The van der Waals surface area contributed by atoms with Crippen LogP contribution in [0.5, 0.6) is 5.75 Å². The SMILES string of the molecule is CCCC(=O)OCN(C(=O)[C@H](NC(=O)[C@@H]1CCCCN1C)C(C)CC)[C@@H](C[C@H](OC(C)=O)c1nc(C(=O)N[C@H](Cc2ccc(O)cc2)C[C@@H](C)C(=O)CCCC[Si](C)(C)O[Si](C)(C)CSc2ncc(COCCOCCOCCN=[N+]=[N-])cn2)cs1)C(C)C. The fourth-order valence-corrected chi connectivity index (χ4v) is 21.8. The maximum atomic E-state index is 15.0. The zero-order chi connectivity index (χ0) is 65.5. The van der Waals surface area contributed by atoms with E-state index in [1.165, 1.54) is 11.8 Å². The largest absolute Gasteiger partial charge is 0.508 e. The minimum absolute atomic E-state index is 0.0379. The smallest absolute Gasteiger partial charge is 0.307 e. The van der Waals surface area contributed by atoms with Crippen molar-refractivity contribution in [3.63, 3.8) is 0 Å². The van der Waals surface area contributed by atoms with Gasteiger partial charge in [-0.05, 0) is 119 Å². The molecular weight excluding hydrogens is 1210 g/mol. The minimum Gasteiger partial charge on any atom is -0.508 e. The number of aromatic nitrogens is 3. The number of phenols is 1. The molecule has 7 atom stereocenters. The van der Waals surface area contributed by atoms with Crippen LogP contribution in [0.3, 0.4) is 0 Å². The Morgan fingerprint density at radius 1 is 0.899 bits per heavy atom. The molecule has 1 unspecified atom stereocenters. The van der Waals surface area contributed by atoms with E-state index in [-0.39, 0.29) is 53.9 Å². The monoisotopic (exact) mass is 1310 g/mol. The quantitative estimate of drug-likeness (QED) is 0.00546. The highest BCUT2D eigenvalue weighted by molar-refractivity contribution is 8.00. The fraction of sp³-hybridized carbons (Fsp3) is 0.694. The first kappa shape index (κ1) is 76.1. The number of esters is 2. The molecule has 1 saturated heterocycles. The van der Waals surface area contributed by atoms with Crippen molar-refractivity contribution in [2.45, 2.75) is 200 Å². The predicted octanol–water partition coefficient (Wildman–Crippen LogP) is 10.5. The Balaban J connectivity index is 1.37. The van der Waals surface area contributed by atoms with Crippen molar-refractivity contribution in [1.82, 2.24) is 35.4 Å². The zero-order valence-corrected chi connectivity index (χ0v) is 58.3. The second-order valence-corrected chi connectivity index (χ2v) is 35.7. The van der Waals surface area contributed by atoms with Crippen molar-refractivity contribution in [3.05, 3.63) is 74.3 Å². The number of phenolic OH excluding ortho intramolecular Hbond substituents is 1. The Morgan fingerprint density at radius 2 is 1.58 bits per heavy atom. The molecule has 1 fully saturated rings. The Morgan fingerprint density at radius 3 is 2.22 bits per heavy atom. The van der Waals surface area contributed by atoms with Crippen LogP contribution in [0.15, 0.2) is 52.3 Å². The third-order valence-corrected chi connectivity index (χ3v) is 26.2. The highest BCUT2D eigenvalue weighted by Crippen LogP contribution is 2.33. The molecule has 3 heterocycles. The van der Waals surface area contributed by atoms with Crippen LogP contribution in [0.25, 0.3) is 10.4 Å². The molecule has 2 aromatic heterocycles. The van der Waals surface area contributed by atoms with Gasteiger partial charge in [0.2, 0.25) is 11.8 Å². The van der Waals surface area contributed by atoms with Crippen molar-refractivity contribution < 1.29 is 61.7 Å². The molecule has 4 rings (SSSR count). The first-order valence-corrected chi connectivity index (χ1v) is 39.5. The van der Waals surface area contributed by atoms with Gasteiger partial charge in [-0.2, -0.15) is 0 Å². The highest BCUT2D eigenvalue weighted by atomic mass is 32.2. The maximum absolute atomic E-state index is 15.0. The number of hydrogen-bond donors (Lipinski definition) is 3. The molecule has 27 heteroatoms. The van der Waals surface area contributed by atoms with E-state index < -0.39 is 77.3 Å². The number of likely N-dealkylation sites (N-methyl/N-ethyl adjacent to an activating group) is 1. The summed E-state index contributed by atoms with van der Waals surface area (Å²) in [4.78, 5) is 103. The molecular formula is C62H100N10O13S2Si2. The molecule has 1 aliphatic rings. The number of ether oxygens (including phenoxy) is 5. The molecule has 0 bridgehead atoms. The molecule has 89 heavy (non-hydrogen) atoms. The number of nitrogens with zero attached hydrogens (tertiary/aromatic N) is 8. The number of unbranched alkanes of at least 4 members (excludes halogenated alkanes) is 1. The zero-order valence-electron chi connectivity index (χ0n) is 54.7. The van der Waals surface area contributed by atoms with Crippen molar-refractivity contribution in [2.24, 2.45) is 22.9 Å². The van der Waals surface area contributed by atoms with Crippen molar-refractivity contribution >= 4 is 75.2 Å². The summed E-state index contributed by atoms with van der Waals surface area (Å²) >= 11 is 2.72. The molecule has 3 amide bonds. The number of likely N-dealkylation sites (tertiary alicyclic amines) is 1. The number of benzene rings is 1. The van der Waals surface area contributed by atoms with E-state index in [4.69, 9.17) is 38.3 Å². The van der Waals surface area contributed by atoms with E-state index in [1.54, 1.807) is 53.8 Å². The van der Waals surface area contributed by atoms with Crippen LogP contribution in [-0.2, 0) is 64.8 Å². The molecule has 3 N–H and O–H groups in total. The number of rotatable bonds is 43. The number of nitrogens with one attached hydrogen (secondary N) is 2. The van der Waals surface area contributed by atoms with Crippen molar-refractivity contribution in [3.8, 4) is 5.75 Å². The number of azide groups is 1. The van der Waals surface area contributed by atoms with Gasteiger partial charge in [0, 0.05) is 84.4 Å². The Kier molecular flexibility index (Phi) is 34.0. The van der Waals surface area contributed by atoms with E-state index in [1.807, 2.05) is 53.5 Å². The molecule has 496 valence electrons. The number of aromatic hydroxyl groups is 1. The molecule has 1 aliphatic heterocycles. The first-order chi connectivity index (χ1) is 42.3. The summed E-state index contributed by atoms with van der Waals surface area (Å²) in [5.74, 6) is -2.99. The summed E-state index contributed by atoms with van der Waals surface area (Å²) in [6.45, 7) is 24.7. The predicted molar refractivity (Wildman–Crippen MR) is 349 cm³/mol. The van der Waals surface area contributed by atoms with Crippen LogP contribution in [0.1, 0.15) is 152 Å². The van der Waals surface area contributed by atoms with Gasteiger partial charge >= 0.3 is 11.9 Å². The van der Waals surface area contributed by atoms with E-state index in [9.17, 15) is 29.1 Å². The summed E-state index contributed by atoms with van der Waals surface area (Å²) in [6, 6.07) is 5.09. The summed E-state index contributed by atoms with van der Waals surface area (Å²) in [6.07, 6.45) is 9.01. The van der Waals surface area contributed by atoms with Gasteiger partial charge in [-0.25, -0.2) is 15.0 Å². The summed E-state index contributed by atoms with van der Waals surface area (Å²) in [5.41, 5.74) is 10.1. The molecule has 0 aliphatic carbocycles. The average Bonchev–Trinajstić information content (AvgIpc) is 3.45. The molecule has 0 radical (unpaired) electrons. The lowest BCUT2D eigenvalue weighted by molar-refractivity contribution is -0.160. The molecule has 0 saturated carbocycles. The lowest BCUT2D eigenvalue weighted by Crippen LogP contribution is -2.59. The number of ketones is 1. The van der Waals surface area contributed by atoms with Gasteiger partial charge in [-0.3, -0.25) is 33.7 Å². The van der Waals surface area contributed by atoms with Gasteiger partial charge in [0.25, 0.3) is 5.91 Å². The van der Waals surface area contributed by atoms with Crippen LogP contribution in [0.2, 0.25) is 32.2 Å². The number of carbonyl (C=O) groups excluding carboxylic acids is 6. The lowest BCUT2D eigenvalue weighted by atomic mass is 9.91. The van der Waals surface area contributed by atoms with E-state index in [0.717, 1.165) is 59.7 Å². The van der Waals surface area contributed by atoms with Crippen LogP contribution >= 0.6 is 23.1 Å². The number of carbonyl (C=O) groups is 6. The normalized spacial score (nSPS) is 15.9. The third-order valence-electron chi connectivity index (χ3n) is 15.5. The van der Waals surface area contributed by atoms with Crippen molar-refractivity contribution in [1.29, 1.82) is 0 Å². The summed E-state index contributed by atoms with van der Waals surface area (Å²) < 4.78 is 35.1. The van der Waals surface area contributed by atoms with E-state index >= 15 is 4.79 Å². The number of thioether (sulfide) groups is 1. The highest BCUT2D eigenvalue weighted by Gasteiger charge is 2.40. The topological polar surface area (TPSA) is 296 Å². The van der Waals surface area contributed by atoms with Crippen LogP contribution in [-0.4, -0.2) is 171 Å². The average molecular weight is 1310 g/mol. The van der Waals surface area contributed by atoms with Crippen molar-refractivity contribution in [2.75, 3.05) is 65.3 Å². The molecule has 3 aromatic rings. The van der Waals surface area contributed by atoms with Gasteiger partial charge in [0.15, 0.2) is 34.6 Å². The number of Topliss-reactive ketones (excluding diaryl/α,β-unsaturated/α-hetero) is 1. The van der Waals surface area contributed by atoms with Gasteiger partial charge in [-0.1, -0.05) is 89.8 Å². The standard InChI is InChI=1S/C62H100N10O13S2Si2/c1-13-19-56(76)83-41-72(61(79)57(44(5)14-2)69-59(78)52-20-15-17-27-71(52)8)53(43(3)4)36-55(84-46(7)73)60-68-51(40-86-60)58(77)67-49(35-47-22-24-50(74)25-23-47)34-45(6)54(75)21-16-18-33-88(9,10)85-89(11,12)42-87-62-64-37-48(38-65-62)39-82-32-31-81-30-29-80-28-26-66-70-63/h22-25,37-38,40,43-45,49,52-53,55,57,74H,13-21,26-36,39,41-42H2,1-12H3,(H,67,77)(H,69,78)/t44?,45-,49+,52+,53+,55+,57-/m1/s1. The Labute approximate surface area is 537 Å². The Bertz CT molecular complexity index is 2710.